The molecule has 0 radical (unpaired) electrons. The third kappa shape index (κ3) is 3.18. The normalized spacial score (nSPS) is 10.4. The Morgan fingerprint density at radius 3 is 2.75 bits per heavy atom. The van der Waals surface area contributed by atoms with Crippen molar-refractivity contribution in [3.63, 3.8) is 0 Å². The van der Waals surface area contributed by atoms with Gasteiger partial charge in [-0.3, -0.25) is 4.79 Å². The summed E-state index contributed by atoms with van der Waals surface area (Å²) in [5.74, 6) is -2.06. The van der Waals surface area contributed by atoms with Crippen LogP contribution in [-0.2, 0) is 5.75 Å². The average Bonchev–Trinajstić information content (AvgIpc) is 2.41. The van der Waals surface area contributed by atoms with Gasteiger partial charge in [-0.25, -0.2) is 9.18 Å². The van der Waals surface area contributed by atoms with E-state index in [0.717, 1.165) is 18.4 Å². The van der Waals surface area contributed by atoms with Crippen molar-refractivity contribution >= 4 is 17.7 Å². The van der Waals surface area contributed by atoms with Gasteiger partial charge in [-0.1, -0.05) is 0 Å². The van der Waals surface area contributed by atoms with Crippen molar-refractivity contribution in [3.8, 4) is 5.75 Å². The van der Waals surface area contributed by atoms with Crippen molar-refractivity contribution in [2.24, 2.45) is 0 Å². The van der Waals surface area contributed by atoms with Crippen molar-refractivity contribution < 1.29 is 23.8 Å². The Bertz CT molecular complexity index is 710. The highest BCUT2D eigenvalue weighted by Gasteiger charge is 2.11. The van der Waals surface area contributed by atoms with Gasteiger partial charge < -0.3 is 14.6 Å². The predicted molar refractivity (Wildman–Crippen MR) is 69.6 cm³/mol. The lowest BCUT2D eigenvalue weighted by Crippen LogP contribution is -2.01. The smallest absolute Gasteiger partial charge is 0.338 e. The summed E-state index contributed by atoms with van der Waals surface area (Å²) in [5, 5.41) is 17.8. The predicted octanol–water partition coefficient (Wildman–Crippen LogP) is 2.48. The summed E-state index contributed by atoms with van der Waals surface area (Å²) >= 11 is 1.18. The lowest BCUT2D eigenvalue weighted by Gasteiger charge is -2.03. The standard InChI is InChI=1S/C13H9FO5S/c14-10-2-1-8(4-9(10)13(17)18)20-6-7-3-11(15)12(16)5-19-7/h1-5,16H,6H2,(H,17,18). The first-order valence-electron chi connectivity index (χ1n) is 5.43. The van der Waals surface area contributed by atoms with Crippen molar-refractivity contribution in [1.29, 1.82) is 0 Å². The molecule has 7 heteroatoms. The van der Waals surface area contributed by atoms with Gasteiger partial charge in [0, 0.05) is 11.0 Å². The fourth-order valence-electron chi connectivity index (χ4n) is 1.43. The fourth-order valence-corrected chi connectivity index (χ4v) is 2.26. The highest BCUT2D eigenvalue weighted by molar-refractivity contribution is 7.98. The molecular weight excluding hydrogens is 287 g/mol. The van der Waals surface area contributed by atoms with Crippen LogP contribution >= 0.6 is 11.8 Å². The average molecular weight is 296 g/mol. The SMILES string of the molecule is O=C(O)c1cc(SCc2cc(=O)c(O)co2)ccc1F. The van der Waals surface area contributed by atoms with E-state index in [4.69, 9.17) is 14.6 Å². The minimum absolute atomic E-state index is 0.250. The van der Waals surface area contributed by atoms with E-state index in [0.29, 0.717) is 10.7 Å². The number of thioether (sulfide) groups is 1. The van der Waals surface area contributed by atoms with Gasteiger partial charge in [-0.05, 0) is 18.2 Å². The van der Waals surface area contributed by atoms with Crippen molar-refractivity contribution in [2.45, 2.75) is 10.6 Å². The number of hydrogen-bond acceptors (Lipinski definition) is 5. The molecule has 0 aliphatic rings. The van der Waals surface area contributed by atoms with Gasteiger partial charge in [0.2, 0.25) is 5.43 Å². The molecule has 0 fully saturated rings. The van der Waals surface area contributed by atoms with Crippen LogP contribution in [0.15, 0.2) is 44.6 Å². The number of aromatic hydroxyl groups is 1. The topological polar surface area (TPSA) is 87.7 Å². The molecule has 0 spiro atoms. The molecule has 20 heavy (non-hydrogen) atoms. The second-order valence-corrected chi connectivity index (χ2v) is 4.88. The molecule has 104 valence electrons. The molecule has 1 aromatic carbocycles. The summed E-state index contributed by atoms with van der Waals surface area (Å²) < 4.78 is 18.2. The Kier molecular flexibility index (Phi) is 4.09. The Balaban J connectivity index is 2.14. The van der Waals surface area contributed by atoms with Crippen LogP contribution in [0, 0.1) is 5.82 Å². The molecule has 2 rings (SSSR count). The molecule has 1 heterocycles. The third-order valence-electron chi connectivity index (χ3n) is 2.42. The van der Waals surface area contributed by atoms with Crippen molar-refractivity contribution in [3.05, 3.63) is 57.9 Å². The van der Waals surface area contributed by atoms with E-state index >= 15 is 0 Å². The fraction of sp³-hybridized carbons (Fsp3) is 0.0769. The Morgan fingerprint density at radius 2 is 2.10 bits per heavy atom. The summed E-state index contributed by atoms with van der Waals surface area (Å²) in [6, 6.07) is 4.86. The molecule has 1 aromatic heterocycles. The van der Waals surface area contributed by atoms with Crippen LogP contribution in [0.5, 0.6) is 5.75 Å². The summed E-state index contributed by atoms with van der Waals surface area (Å²) in [6.07, 6.45) is 0.936. The van der Waals surface area contributed by atoms with Crippen molar-refractivity contribution in [1.82, 2.24) is 0 Å². The summed E-state index contributed by atoms with van der Waals surface area (Å²) in [6.45, 7) is 0. The zero-order valence-corrected chi connectivity index (χ0v) is 10.8. The van der Waals surface area contributed by atoms with E-state index in [2.05, 4.69) is 0 Å². The molecule has 0 atom stereocenters. The number of rotatable bonds is 4. The molecule has 0 aliphatic carbocycles. The first-order chi connectivity index (χ1) is 9.47. The molecule has 0 saturated carbocycles. The second-order valence-electron chi connectivity index (χ2n) is 3.83. The van der Waals surface area contributed by atoms with Gasteiger partial charge in [0.15, 0.2) is 5.75 Å². The van der Waals surface area contributed by atoms with E-state index in [9.17, 15) is 14.0 Å². The van der Waals surface area contributed by atoms with Gasteiger partial charge in [-0.15, -0.1) is 11.8 Å². The molecular formula is C13H9FO5S. The minimum Gasteiger partial charge on any atom is -0.502 e. The minimum atomic E-state index is -1.35. The van der Waals surface area contributed by atoms with E-state index < -0.39 is 28.5 Å². The van der Waals surface area contributed by atoms with Crippen LogP contribution in [0.25, 0.3) is 0 Å². The molecule has 0 unspecified atom stereocenters. The molecule has 0 saturated heterocycles. The monoisotopic (exact) mass is 296 g/mol. The first kappa shape index (κ1) is 14.1. The number of benzene rings is 1. The van der Waals surface area contributed by atoms with Gasteiger partial charge in [0.25, 0.3) is 0 Å². The van der Waals surface area contributed by atoms with Gasteiger partial charge in [0.05, 0.1) is 11.3 Å². The lowest BCUT2D eigenvalue weighted by atomic mass is 10.2. The molecule has 5 nitrogen and oxygen atoms in total. The van der Waals surface area contributed by atoms with E-state index in [-0.39, 0.29) is 5.75 Å². The highest BCUT2D eigenvalue weighted by Crippen LogP contribution is 2.24. The maximum Gasteiger partial charge on any atom is 0.338 e. The number of carboxylic acids is 1. The summed E-state index contributed by atoms with van der Waals surface area (Å²) in [4.78, 5) is 22.5. The maximum absolute atomic E-state index is 13.2. The molecule has 2 N–H and O–H groups in total. The Labute approximate surface area is 116 Å². The first-order valence-corrected chi connectivity index (χ1v) is 6.42. The van der Waals surface area contributed by atoms with E-state index in [1.807, 2.05) is 0 Å². The van der Waals surface area contributed by atoms with Crippen LogP contribution in [0.1, 0.15) is 16.1 Å². The van der Waals surface area contributed by atoms with Crippen LogP contribution in [-0.4, -0.2) is 16.2 Å². The zero-order valence-electron chi connectivity index (χ0n) is 10.00. The Hall–Kier alpha value is -2.28. The number of aromatic carboxylic acids is 1. The van der Waals surface area contributed by atoms with Gasteiger partial charge in [0.1, 0.15) is 17.8 Å². The van der Waals surface area contributed by atoms with E-state index in [1.54, 1.807) is 0 Å². The van der Waals surface area contributed by atoms with Crippen LogP contribution in [0.4, 0.5) is 4.39 Å². The Morgan fingerprint density at radius 1 is 1.35 bits per heavy atom. The largest absolute Gasteiger partial charge is 0.502 e. The number of carboxylic acid groups (broad SMARTS) is 1. The second kappa shape index (κ2) is 5.79. The summed E-state index contributed by atoms with van der Waals surface area (Å²) in [5.41, 5.74) is -0.973. The number of carbonyl (C=O) groups is 1. The number of halogens is 1. The van der Waals surface area contributed by atoms with Gasteiger partial charge in [-0.2, -0.15) is 0 Å². The van der Waals surface area contributed by atoms with E-state index in [1.165, 1.54) is 23.9 Å². The lowest BCUT2D eigenvalue weighted by molar-refractivity contribution is 0.0691. The molecule has 2 aromatic rings. The molecule has 0 aliphatic heterocycles. The van der Waals surface area contributed by atoms with Gasteiger partial charge >= 0.3 is 5.97 Å². The molecule has 0 bridgehead atoms. The number of hydrogen-bond donors (Lipinski definition) is 2. The third-order valence-corrected chi connectivity index (χ3v) is 3.43. The zero-order chi connectivity index (χ0) is 14.7. The van der Waals surface area contributed by atoms with Crippen LogP contribution < -0.4 is 5.43 Å². The highest BCUT2D eigenvalue weighted by atomic mass is 32.2. The summed E-state index contributed by atoms with van der Waals surface area (Å²) in [7, 11) is 0. The molecule has 0 amide bonds. The maximum atomic E-state index is 13.2. The van der Waals surface area contributed by atoms with Crippen LogP contribution in [0.2, 0.25) is 0 Å². The quantitative estimate of drug-likeness (QED) is 0.843. The van der Waals surface area contributed by atoms with Crippen molar-refractivity contribution in [2.75, 3.05) is 0 Å². The van der Waals surface area contributed by atoms with Crippen LogP contribution in [0.3, 0.4) is 0 Å².